The molecule has 6 heteroatoms. The van der Waals surface area contributed by atoms with E-state index in [1.54, 1.807) is 14.0 Å². The van der Waals surface area contributed by atoms with E-state index in [1.165, 1.54) is 0 Å². The van der Waals surface area contributed by atoms with E-state index >= 15 is 0 Å². The first-order valence-corrected chi connectivity index (χ1v) is 13.4. The molecule has 6 nitrogen and oxygen atoms in total. The lowest BCUT2D eigenvalue weighted by Crippen LogP contribution is -2.38. The number of hydrogen-bond acceptors (Lipinski definition) is 6. The fourth-order valence-electron chi connectivity index (χ4n) is 5.58. The SMILES string of the molecule is CCOC(=O)C1C(C)=NC2=C(C(=O)C[C@@H](c3ccc(OC)cc3)C2)[C@@H]1c1ccc(OCc2ccccc2)cc1. The van der Waals surface area contributed by atoms with Crippen LogP contribution in [0.3, 0.4) is 0 Å². The molecule has 1 unspecified atom stereocenters. The summed E-state index contributed by atoms with van der Waals surface area (Å²) in [4.78, 5) is 31.8. The molecule has 0 amide bonds. The lowest BCUT2D eigenvalue weighted by molar-refractivity contribution is -0.146. The highest BCUT2D eigenvalue weighted by molar-refractivity contribution is 6.09. The quantitative estimate of drug-likeness (QED) is 0.319. The number of carbonyl (C=O) groups is 2. The molecular weight excluding hydrogens is 490 g/mol. The lowest BCUT2D eigenvalue weighted by Gasteiger charge is -2.36. The number of methoxy groups -OCH3 is 1. The molecule has 0 spiro atoms. The summed E-state index contributed by atoms with van der Waals surface area (Å²) in [7, 11) is 1.64. The van der Waals surface area contributed by atoms with Gasteiger partial charge in [-0.1, -0.05) is 54.6 Å². The van der Waals surface area contributed by atoms with Gasteiger partial charge in [0.15, 0.2) is 5.78 Å². The minimum absolute atomic E-state index is 0.0206. The topological polar surface area (TPSA) is 74.2 Å². The molecule has 0 saturated carbocycles. The van der Waals surface area contributed by atoms with Gasteiger partial charge in [-0.05, 0) is 67.1 Å². The number of esters is 1. The molecule has 0 aromatic heterocycles. The van der Waals surface area contributed by atoms with Crippen molar-refractivity contribution in [2.45, 2.75) is 45.1 Å². The molecule has 1 aliphatic carbocycles. The van der Waals surface area contributed by atoms with Gasteiger partial charge < -0.3 is 14.2 Å². The maximum absolute atomic E-state index is 13.7. The zero-order valence-corrected chi connectivity index (χ0v) is 22.6. The molecule has 0 bridgehead atoms. The minimum Gasteiger partial charge on any atom is -0.497 e. The van der Waals surface area contributed by atoms with Crippen LogP contribution in [-0.2, 0) is 20.9 Å². The van der Waals surface area contributed by atoms with E-state index in [2.05, 4.69) is 0 Å². The van der Waals surface area contributed by atoms with E-state index in [4.69, 9.17) is 19.2 Å². The van der Waals surface area contributed by atoms with Crippen molar-refractivity contribution in [2.75, 3.05) is 13.7 Å². The first-order valence-electron chi connectivity index (χ1n) is 13.4. The Hall–Kier alpha value is -4.19. The highest BCUT2D eigenvalue weighted by Crippen LogP contribution is 2.47. The molecule has 2 aliphatic rings. The van der Waals surface area contributed by atoms with Crippen LogP contribution in [0, 0.1) is 5.92 Å². The summed E-state index contributed by atoms with van der Waals surface area (Å²) < 4.78 is 16.7. The number of benzene rings is 3. The predicted molar refractivity (Wildman–Crippen MR) is 150 cm³/mol. The van der Waals surface area contributed by atoms with Gasteiger partial charge >= 0.3 is 5.97 Å². The second kappa shape index (κ2) is 11.7. The number of rotatable bonds is 8. The summed E-state index contributed by atoms with van der Waals surface area (Å²) in [5.74, 6) is 0.0838. The van der Waals surface area contributed by atoms with Crippen LogP contribution < -0.4 is 9.47 Å². The average molecular weight is 524 g/mol. The van der Waals surface area contributed by atoms with Crippen LogP contribution in [0.5, 0.6) is 11.5 Å². The Kier molecular flexibility index (Phi) is 7.92. The molecule has 1 heterocycles. The number of nitrogens with zero attached hydrogens (tertiary/aromatic N) is 1. The smallest absolute Gasteiger partial charge is 0.315 e. The number of Topliss-reactive ketones (excluding diaryl/α,β-unsaturated/α-hetero) is 1. The molecule has 3 atom stereocenters. The van der Waals surface area contributed by atoms with Crippen LogP contribution in [0.2, 0.25) is 0 Å². The lowest BCUT2D eigenvalue weighted by atomic mass is 9.69. The van der Waals surface area contributed by atoms with Crippen LogP contribution in [0.4, 0.5) is 0 Å². The average Bonchev–Trinajstić information content (AvgIpc) is 2.96. The fraction of sp³-hybridized carbons (Fsp3) is 0.303. The molecule has 39 heavy (non-hydrogen) atoms. The van der Waals surface area contributed by atoms with Crippen molar-refractivity contribution in [3.8, 4) is 11.5 Å². The largest absolute Gasteiger partial charge is 0.497 e. The van der Waals surface area contributed by atoms with Gasteiger partial charge in [0.2, 0.25) is 0 Å². The number of hydrogen-bond donors (Lipinski definition) is 0. The number of ether oxygens (including phenoxy) is 3. The number of aliphatic imine (C=N–C) groups is 1. The van der Waals surface area contributed by atoms with E-state index in [-0.39, 0.29) is 24.3 Å². The van der Waals surface area contributed by atoms with Gasteiger partial charge in [0.1, 0.15) is 24.0 Å². The van der Waals surface area contributed by atoms with Crippen LogP contribution in [0.25, 0.3) is 0 Å². The third kappa shape index (κ3) is 5.65. The normalized spacial score (nSPS) is 20.6. The van der Waals surface area contributed by atoms with Gasteiger partial charge in [0, 0.05) is 29.3 Å². The van der Waals surface area contributed by atoms with Gasteiger partial charge in [-0.15, -0.1) is 0 Å². The molecular formula is C33H33NO5. The highest BCUT2D eigenvalue weighted by Gasteiger charge is 2.44. The summed E-state index contributed by atoms with van der Waals surface area (Å²) in [6.07, 6.45) is 0.999. The van der Waals surface area contributed by atoms with E-state index in [0.29, 0.717) is 30.7 Å². The maximum atomic E-state index is 13.7. The van der Waals surface area contributed by atoms with Crippen molar-refractivity contribution in [1.82, 2.24) is 0 Å². The molecule has 1 aliphatic heterocycles. The number of carbonyl (C=O) groups excluding carboxylic acids is 2. The summed E-state index contributed by atoms with van der Waals surface area (Å²) in [5, 5.41) is 0. The van der Waals surface area contributed by atoms with Crippen molar-refractivity contribution in [2.24, 2.45) is 10.9 Å². The summed E-state index contributed by atoms with van der Waals surface area (Å²) in [6, 6.07) is 25.5. The van der Waals surface area contributed by atoms with Crippen LogP contribution in [-0.4, -0.2) is 31.2 Å². The van der Waals surface area contributed by atoms with Crippen molar-refractivity contribution < 1.29 is 23.8 Å². The van der Waals surface area contributed by atoms with Gasteiger partial charge in [0.25, 0.3) is 0 Å². The monoisotopic (exact) mass is 523 g/mol. The number of ketones is 1. The van der Waals surface area contributed by atoms with Crippen molar-refractivity contribution in [3.05, 3.63) is 107 Å². The Balaban J connectivity index is 1.46. The first-order chi connectivity index (χ1) is 19.0. The maximum Gasteiger partial charge on any atom is 0.315 e. The molecule has 0 saturated heterocycles. The Morgan fingerprint density at radius 3 is 2.23 bits per heavy atom. The fourth-order valence-corrected chi connectivity index (χ4v) is 5.58. The second-order valence-corrected chi connectivity index (χ2v) is 9.97. The third-order valence-corrected chi connectivity index (χ3v) is 7.50. The summed E-state index contributed by atoms with van der Waals surface area (Å²) in [5.41, 5.74) is 5.09. The third-order valence-electron chi connectivity index (χ3n) is 7.50. The molecule has 0 N–H and O–H groups in total. The van der Waals surface area contributed by atoms with Crippen LogP contribution in [0.15, 0.2) is 95.1 Å². The van der Waals surface area contributed by atoms with E-state index < -0.39 is 11.8 Å². The molecule has 0 fully saturated rings. The molecule has 3 aromatic carbocycles. The van der Waals surface area contributed by atoms with Crippen molar-refractivity contribution >= 4 is 17.5 Å². The summed E-state index contributed by atoms with van der Waals surface area (Å²) in [6.45, 7) is 4.37. The molecule has 5 rings (SSSR count). The Morgan fingerprint density at radius 2 is 1.56 bits per heavy atom. The minimum atomic E-state index is -0.652. The Labute approximate surface area is 229 Å². The molecule has 0 radical (unpaired) electrons. The van der Waals surface area contributed by atoms with Crippen molar-refractivity contribution in [1.29, 1.82) is 0 Å². The van der Waals surface area contributed by atoms with Crippen molar-refractivity contribution in [3.63, 3.8) is 0 Å². The Bertz CT molecular complexity index is 1390. The molecule has 3 aromatic rings. The summed E-state index contributed by atoms with van der Waals surface area (Å²) >= 11 is 0. The predicted octanol–water partition coefficient (Wildman–Crippen LogP) is 6.41. The standard InChI is InChI=1S/C33H33NO5/c1-4-38-33(36)30-21(2)34-28-18-25(23-10-14-26(37-3)15-11-23)19-29(35)32(28)31(30)24-12-16-27(17-13-24)39-20-22-8-6-5-7-9-22/h5-17,25,30-31H,4,18-20H2,1-3H3/t25-,30?,31+/m0/s1. The number of allylic oxidation sites excluding steroid dienone is 2. The van der Waals surface area contributed by atoms with E-state index in [9.17, 15) is 9.59 Å². The Morgan fingerprint density at radius 1 is 0.897 bits per heavy atom. The first kappa shape index (κ1) is 26.4. The highest BCUT2D eigenvalue weighted by atomic mass is 16.5. The van der Waals surface area contributed by atoms with Gasteiger partial charge in [-0.2, -0.15) is 0 Å². The van der Waals surface area contributed by atoms with Gasteiger partial charge in [-0.25, -0.2) is 0 Å². The zero-order valence-electron chi connectivity index (χ0n) is 22.6. The van der Waals surface area contributed by atoms with Gasteiger partial charge in [0.05, 0.1) is 13.7 Å². The van der Waals surface area contributed by atoms with Crippen LogP contribution in [0.1, 0.15) is 55.2 Å². The second-order valence-electron chi connectivity index (χ2n) is 9.97. The van der Waals surface area contributed by atoms with E-state index in [0.717, 1.165) is 33.9 Å². The zero-order chi connectivity index (χ0) is 27.4. The molecule has 200 valence electrons. The van der Waals surface area contributed by atoms with Crippen LogP contribution >= 0.6 is 0 Å². The van der Waals surface area contributed by atoms with E-state index in [1.807, 2.05) is 85.8 Å². The van der Waals surface area contributed by atoms with Gasteiger partial charge in [-0.3, -0.25) is 14.6 Å².